The van der Waals surface area contributed by atoms with E-state index in [1.54, 1.807) is 31.9 Å². The summed E-state index contributed by atoms with van der Waals surface area (Å²) in [6.45, 7) is 2.13. The van der Waals surface area contributed by atoms with E-state index in [4.69, 9.17) is 4.74 Å². The van der Waals surface area contributed by atoms with Crippen molar-refractivity contribution in [1.29, 1.82) is 0 Å². The fourth-order valence-corrected chi connectivity index (χ4v) is 3.24. The van der Waals surface area contributed by atoms with E-state index in [0.29, 0.717) is 24.9 Å². The number of hydrogen-bond donors (Lipinski definition) is 0. The van der Waals surface area contributed by atoms with Crippen molar-refractivity contribution in [2.24, 2.45) is 5.92 Å². The molecule has 1 saturated heterocycles. The molecule has 23 heavy (non-hydrogen) atoms. The molecule has 5 heteroatoms. The number of likely N-dealkylation sites (tertiary alicyclic amines) is 1. The van der Waals surface area contributed by atoms with Crippen LogP contribution in [0.25, 0.3) is 0 Å². The van der Waals surface area contributed by atoms with Crippen molar-refractivity contribution in [3.63, 3.8) is 0 Å². The number of nitrogens with zero attached hydrogens (tertiary/aromatic N) is 3. The van der Waals surface area contributed by atoms with Crippen LogP contribution in [0.5, 0.6) is 0 Å². The number of ether oxygens (including phenoxy) is 1. The molecule has 2 atom stereocenters. The van der Waals surface area contributed by atoms with Crippen LogP contribution in [0.1, 0.15) is 17.0 Å². The second-order valence-corrected chi connectivity index (χ2v) is 5.94. The SMILES string of the molecule is COC[C@@H]1CN(C(=O)Cc2cccnc2)C[C@H]1c1ccncc1. The minimum absolute atomic E-state index is 0.149. The second-order valence-electron chi connectivity index (χ2n) is 5.94. The maximum absolute atomic E-state index is 12.6. The molecule has 0 N–H and O–H groups in total. The molecular weight excluding hydrogens is 290 g/mol. The van der Waals surface area contributed by atoms with Crippen LogP contribution >= 0.6 is 0 Å². The number of pyridine rings is 2. The van der Waals surface area contributed by atoms with Crippen molar-refractivity contribution in [2.45, 2.75) is 12.3 Å². The molecule has 5 nitrogen and oxygen atoms in total. The van der Waals surface area contributed by atoms with E-state index < -0.39 is 0 Å². The van der Waals surface area contributed by atoms with Gasteiger partial charge in [-0.3, -0.25) is 14.8 Å². The van der Waals surface area contributed by atoms with E-state index in [2.05, 4.69) is 9.97 Å². The Bertz CT molecular complexity index is 633. The van der Waals surface area contributed by atoms with Crippen molar-refractivity contribution < 1.29 is 9.53 Å². The third kappa shape index (κ3) is 3.74. The van der Waals surface area contributed by atoms with E-state index in [0.717, 1.165) is 18.7 Å². The van der Waals surface area contributed by atoms with E-state index in [1.165, 1.54) is 5.56 Å². The smallest absolute Gasteiger partial charge is 0.227 e. The average molecular weight is 311 g/mol. The first-order valence-electron chi connectivity index (χ1n) is 7.83. The van der Waals surface area contributed by atoms with Gasteiger partial charge in [0.05, 0.1) is 13.0 Å². The number of carbonyl (C=O) groups excluding carboxylic acids is 1. The predicted molar refractivity (Wildman–Crippen MR) is 86.9 cm³/mol. The summed E-state index contributed by atoms with van der Waals surface area (Å²) in [5, 5.41) is 0. The van der Waals surface area contributed by atoms with Gasteiger partial charge in [0.2, 0.25) is 5.91 Å². The summed E-state index contributed by atoms with van der Waals surface area (Å²) in [6, 6.07) is 7.86. The Morgan fingerprint density at radius 2 is 2.04 bits per heavy atom. The van der Waals surface area contributed by atoms with Crippen molar-refractivity contribution in [2.75, 3.05) is 26.8 Å². The number of amides is 1. The summed E-state index contributed by atoms with van der Waals surface area (Å²) < 4.78 is 5.36. The summed E-state index contributed by atoms with van der Waals surface area (Å²) in [6.07, 6.45) is 7.48. The molecule has 2 aromatic rings. The lowest BCUT2D eigenvalue weighted by atomic mass is 9.90. The van der Waals surface area contributed by atoms with Gasteiger partial charge in [0.15, 0.2) is 0 Å². The van der Waals surface area contributed by atoms with Crippen LogP contribution in [0.4, 0.5) is 0 Å². The van der Waals surface area contributed by atoms with Gasteiger partial charge in [-0.2, -0.15) is 0 Å². The molecule has 1 amide bonds. The van der Waals surface area contributed by atoms with E-state index >= 15 is 0 Å². The van der Waals surface area contributed by atoms with Crippen molar-refractivity contribution >= 4 is 5.91 Å². The van der Waals surface area contributed by atoms with Gasteiger partial charge in [0.25, 0.3) is 0 Å². The zero-order valence-corrected chi connectivity index (χ0v) is 13.3. The average Bonchev–Trinajstić information content (AvgIpc) is 3.01. The fraction of sp³-hybridized carbons (Fsp3) is 0.389. The van der Waals surface area contributed by atoms with Gasteiger partial charge in [0, 0.05) is 56.8 Å². The first-order chi connectivity index (χ1) is 11.3. The second kappa shape index (κ2) is 7.33. The molecule has 0 aliphatic carbocycles. The normalized spacial score (nSPS) is 20.7. The highest BCUT2D eigenvalue weighted by Crippen LogP contribution is 2.32. The lowest BCUT2D eigenvalue weighted by Gasteiger charge is -2.17. The Morgan fingerprint density at radius 1 is 1.22 bits per heavy atom. The maximum atomic E-state index is 12.6. The topological polar surface area (TPSA) is 55.3 Å². The van der Waals surface area contributed by atoms with Crippen molar-refractivity contribution in [1.82, 2.24) is 14.9 Å². The number of rotatable bonds is 5. The molecule has 0 spiro atoms. The third-order valence-electron chi connectivity index (χ3n) is 4.39. The molecule has 1 aliphatic heterocycles. The van der Waals surface area contributed by atoms with Crippen LogP contribution in [0, 0.1) is 5.92 Å². The number of hydrogen-bond acceptors (Lipinski definition) is 4. The minimum atomic E-state index is 0.149. The molecule has 3 rings (SSSR count). The highest BCUT2D eigenvalue weighted by atomic mass is 16.5. The molecule has 0 bridgehead atoms. The van der Waals surface area contributed by atoms with Gasteiger partial charge in [-0.15, -0.1) is 0 Å². The summed E-state index contributed by atoms with van der Waals surface area (Å²) in [5.41, 5.74) is 2.17. The molecule has 120 valence electrons. The molecule has 0 unspecified atom stereocenters. The summed E-state index contributed by atoms with van der Waals surface area (Å²) in [5.74, 6) is 0.770. The standard InChI is InChI=1S/C18H21N3O2/c1-23-13-16-11-21(12-17(16)15-4-7-19-8-5-15)18(22)9-14-3-2-6-20-10-14/h2-8,10,16-17H,9,11-13H2,1H3/t16-,17-/m0/s1. The Labute approximate surface area is 136 Å². The Hall–Kier alpha value is -2.27. The highest BCUT2D eigenvalue weighted by molar-refractivity contribution is 5.79. The quantitative estimate of drug-likeness (QED) is 0.846. The number of carbonyl (C=O) groups is 1. The Balaban J connectivity index is 1.71. The van der Waals surface area contributed by atoms with Crippen LogP contribution < -0.4 is 0 Å². The molecule has 0 radical (unpaired) electrons. The van der Waals surface area contributed by atoms with E-state index in [-0.39, 0.29) is 5.91 Å². The van der Waals surface area contributed by atoms with E-state index in [9.17, 15) is 4.79 Å². The van der Waals surface area contributed by atoms with E-state index in [1.807, 2.05) is 29.2 Å². The van der Waals surface area contributed by atoms with Crippen LogP contribution in [-0.4, -0.2) is 47.6 Å². The van der Waals surface area contributed by atoms with Gasteiger partial charge in [0.1, 0.15) is 0 Å². The molecule has 1 aliphatic rings. The zero-order valence-electron chi connectivity index (χ0n) is 13.3. The zero-order chi connectivity index (χ0) is 16.1. The van der Waals surface area contributed by atoms with Crippen molar-refractivity contribution in [3.8, 4) is 0 Å². The molecule has 0 saturated carbocycles. The minimum Gasteiger partial charge on any atom is -0.384 e. The number of aromatic nitrogens is 2. The summed E-state index contributed by atoms with van der Waals surface area (Å²) >= 11 is 0. The van der Waals surface area contributed by atoms with Gasteiger partial charge < -0.3 is 9.64 Å². The molecule has 3 heterocycles. The molecule has 2 aromatic heterocycles. The maximum Gasteiger partial charge on any atom is 0.227 e. The van der Waals surface area contributed by atoms with Crippen LogP contribution in [0.15, 0.2) is 49.1 Å². The van der Waals surface area contributed by atoms with Crippen LogP contribution in [0.2, 0.25) is 0 Å². The van der Waals surface area contributed by atoms with Gasteiger partial charge >= 0.3 is 0 Å². The summed E-state index contributed by atoms with van der Waals surface area (Å²) in [7, 11) is 1.71. The first-order valence-corrected chi connectivity index (χ1v) is 7.83. The summed E-state index contributed by atoms with van der Waals surface area (Å²) in [4.78, 5) is 22.7. The molecule has 1 fully saturated rings. The van der Waals surface area contributed by atoms with Crippen molar-refractivity contribution in [3.05, 3.63) is 60.2 Å². The lowest BCUT2D eigenvalue weighted by Crippen LogP contribution is -2.30. The fourth-order valence-electron chi connectivity index (χ4n) is 3.24. The van der Waals surface area contributed by atoms with Gasteiger partial charge in [-0.05, 0) is 29.3 Å². The third-order valence-corrected chi connectivity index (χ3v) is 4.39. The van der Waals surface area contributed by atoms with Gasteiger partial charge in [-0.25, -0.2) is 0 Å². The van der Waals surface area contributed by atoms with Gasteiger partial charge in [-0.1, -0.05) is 6.07 Å². The highest BCUT2D eigenvalue weighted by Gasteiger charge is 2.35. The Morgan fingerprint density at radius 3 is 2.74 bits per heavy atom. The molecular formula is C18H21N3O2. The van der Waals surface area contributed by atoms with Crippen LogP contribution in [0.3, 0.4) is 0 Å². The molecule has 0 aromatic carbocycles. The monoisotopic (exact) mass is 311 g/mol. The Kier molecular flexibility index (Phi) is 4.98. The lowest BCUT2D eigenvalue weighted by molar-refractivity contribution is -0.129. The predicted octanol–water partition coefficient (Wildman–Crippen LogP) is 1.91. The number of methoxy groups -OCH3 is 1. The van der Waals surface area contributed by atoms with Crippen LogP contribution in [-0.2, 0) is 16.0 Å². The first kappa shape index (κ1) is 15.6. The largest absolute Gasteiger partial charge is 0.384 e.